The zero-order valence-electron chi connectivity index (χ0n) is 26.4. The van der Waals surface area contributed by atoms with Crippen LogP contribution in [0.2, 0.25) is 0 Å². The summed E-state index contributed by atoms with van der Waals surface area (Å²) >= 11 is 0. The van der Waals surface area contributed by atoms with Crippen LogP contribution in [0.5, 0.6) is 5.88 Å². The van der Waals surface area contributed by atoms with Gasteiger partial charge in [0, 0.05) is 62.4 Å². The molecule has 2 N–H and O–H groups in total. The van der Waals surface area contributed by atoms with Crippen LogP contribution in [0, 0.1) is 13.8 Å². The Morgan fingerprint density at radius 3 is 2.40 bits per heavy atom. The first-order valence-corrected chi connectivity index (χ1v) is 15.4. The van der Waals surface area contributed by atoms with Crippen LogP contribution in [0.4, 0.5) is 5.69 Å². The molecule has 10 heteroatoms. The Labute approximate surface area is 262 Å². The molecule has 1 amide bonds. The van der Waals surface area contributed by atoms with Crippen molar-refractivity contribution >= 4 is 11.6 Å². The molecule has 6 rings (SSSR count). The number of nitrogens with one attached hydrogen (secondary N) is 2. The van der Waals surface area contributed by atoms with E-state index in [0.29, 0.717) is 17.6 Å². The quantitative estimate of drug-likeness (QED) is 0.318. The van der Waals surface area contributed by atoms with E-state index >= 15 is 0 Å². The lowest BCUT2D eigenvalue weighted by atomic mass is 9.91. The van der Waals surface area contributed by atoms with E-state index in [1.54, 1.807) is 13.2 Å². The van der Waals surface area contributed by atoms with Gasteiger partial charge >= 0.3 is 5.69 Å². The number of benzene rings is 2. The molecule has 0 radical (unpaired) electrons. The van der Waals surface area contributed by atoms with Crippen LogP contribution in [-0.4, -0.2) is 46.4 Å². The van der Waals surface area contributed by atoms with Crippen molar-refractivity contribution in [1.29, 1.82) is 0 Å². The summed E-state index contributed by atoms with van der Waals surface area (Å²) in [4.78, 5) is 42.9. The number of nitrogens with zero attached hydrogens (tertiary/aromatic N) is 3. The second-order valence-corrected chi connectivity index (χ2v) is 11.9. The van der Waals surface area contributed by atoms with Crippen LogP contribution < -0.4 is 26.6 Å². The molecule has 234 valence electrons. The fourth-order valence-electron chi connectivity index (χ4n) is 6.64. The topological polar surface area (TPSA) is 116 Å². The van der Waals surface area contributed by atoms with E-state index < -0.39 is 17.2 Å². The Morgan fingerprint density at radius 1 is 0.978 bits per heavy atom. The Morgan fingerprint density at radius 2 is 1.67 bits per heavy atom. The molecule has 0 spiro atoms. The number of ether oxygens (including phenoxy) is 2. The van der Waals surface area contributed by atoms with Crippen LogP contribution in [0.3, 0.4) is 0 Å². The molecular formula is C35H39N5O5. The molecule has 2 aromatic carbocycles. The summed E-state index contributed by atoms with van der Waals surface area (Å²) in [7, 11) is 4.55. The summed E-state index contributed by atoms with van der Waals surface area (Å²) in [6.07, 6.45) is 5.27. The normalized spacial score (nSPS) is 16.4. The molecule has 0 saturated carbocycles. The average Bonchev–Trinajstić information content (AvgIpc) is 3.45. The van der Waals surface area contributed by atoms with Crippen molar-refractivity contribution in [3.63, 3.8) is 0 Å². The maximum atomic E-state index is 13.2. The van der Waals surface area contributed by atoms with E-state index in [9.17, 15) is 14.4 Å². The maximum Gasteiger partial charge on any atom is 0.330 e. The van der Waals surface area contributed by atoms with Crippen molar-refractivity contribution < 1.29 is 14.3 Å². The van der Waals surface area contributed by atoms with Gasteiger partial charge in [0.1, 0.15) is 5.56 Å². The molecule has 10 nitrogen and oxygen atoms in total. The molecule has 2 aromatic heterocycles. The van der Waals surface area contributed by atoms with Crippen LogP contribution in [-0.2, 0) is 25.3 Å². The third-order valence-electron chi connectivity index (χ3n) is 9.18. The summed E-state index contributed by atoms with van der Waals surface area (Å²) in [6.45, 7) is 5.62. The molecule has 1 saturated heterocycles. The number of carbonyl (C=O) groups is 1. The Hall–Kier alpha value is -4.54. The molecule has 1 aliphatic heterocycles. The average molecular weight is 610 g/mol. The Balaban J connectivity index is 1.32. The van der Waals surface area contributed by atoms with E-state index in [2.05, 4.69) is 35.8 Å². The van der Waals surface area contributed by atoms with Crippen LogP contribution in [0.25, 0.3) is 22.4 Å². The summed E-state index contributed by atoms with van der Waals surface area (Å²) in [5.41, 5.74) is 7.52. The minimum absolute atomic E-state index is 0.107. The number of hydrogen-bond acceptors (Lipinski definition) is 7. The number of hydrogen-bond donors (Lipinski definition) is 2. The predicted molar refractivity (Wildman–Crippen MR) is 174 cm³/mol. The number of anilines is 1. The van der Waals surface area contributed by atoms with Gasteiger partial charge in [-0.15, -0.1) is 0 Å². The third kappa shape index (κ3) is 5.71. The first-order valence-electron chi connectivity index (χ1n) is 15.4. The number of aryl methyl sites for hydroxylation is 2. The summed E-state index contributed by atoms with van der Waals surface area (Å²) in [6, 6.07) is 14.7. The monoisotopic (exact) mass is 609 g/mol. The number of methoxy groups -OCH3 is 1. The third-order valence-corrected chi connectivity index (χ3v) is 9.18. The van der Waals surface area contributed by atoms with Gasteiger partial charge in [0.2, 0.25) is 5.88 Å². The molecule has 2 aliphatic rings. The predicted octanol–water partition coefficient (Wildman–Crippen LogP) is 4.45. The van der Waals surface area contributed by atoms with Gasteiger partial charge in [0.05, 0.1) is 12.8 Å². The van der Waals surface area contributed by atoms with Gasteiger partial charge in [-0.25, -0.2) is 9.78 Å². The Bertz CT molecular complexity index is 1900. The second-order valence-electron chi connectivity index (χ2n) is 11.9. The number of carbonyl (C=O) groups excluding carboxylic acids is 1. The first-order chi connectivity index (χ1) is 21.7. The Kier molecular flexibility index (Phi) is 8.44. The van der Waals surface area contributed by atoms with Gasteiger partial charge in [-0.1, -0.05) is 30.3 Å². The van der Waals surface area contributed by atoms with Gasteiger partial charge in [-0.3, -0.25) is 14.2 Å². The molecule has 1 fully saturated rings. The minimum atomic E-state index is -0.643. The largest absolute Gasteiger partial charge is 0.481 e. The van der Waals surface area contributed by atoms with E-state index in [-0.39, 0.29) is 11.6 Å². The number of rotatable bonds is 7. The van der Waals surface area contributed by atoms with Crippen molar-refractivity contribution in [2.24, 2.45) is 14.1 Å². The lowest BCUT2D eigenvalue weighted by Crippen LogP contribution is -2.40. The zero-order valence-corrected chi connectivity index (χ0v) is 26.4. The SMILES string of the molecule is COc1nc(-c2cccc(-c3cccc(NC(=O)c4cn(C)c(=O)n(C)c4=O)c3C)c2C)cc2c1C(NC1CCOCC1)CC2. The lowest BCUT2D eigenvalue weighted by molar-refractivity contribution is 0.0747. The fourth-order valence-corrected chi connectivity index (χ4v) is 6.64. The van der Waals surface area contributed by atoms with Crippen molar-refractivity contribution in [2.75, 3.05) is 25.6 Å². The van der Waals surface area contributed by atoms with Crippen LogP contribution in [0.15, 0.2) is 58.3 Å². The zero-order chi connectivity index (χ0) is 31.8. The highest BCUT2D eigenvalue weighted by Crippen LogP contribution is 2.41. The van der Waals surface area contributed by atoms with Crippen molar-refractivity contribution in [3.8, 4) is 28.3 Å². The molecule has 4 aromatic rings. The van der Waals surface area contributed by atoms with Crippen molar-refractivity contribution in [3.05, 3.63) is 97.3 Å². The number of pyridine rings is 1. The van der Waals surface area contributed by atoms with Gasteiger partial charge in [-0.2, -0.15) is 0 Å². The van der Waals surface area contributed by atoms with E-state index in [1.807, 2.05) is 25.1 Å². The number of amides is 1. The van der Waals surface area contributed by atoms with Gasteiger partial charge in [0.25, 0.3) is 11.5 Å². The lowest BCUT2D eigenvalue weighted by Gasteiger charge is -2.27. The molecule has 1 unspecified atom stereocenters. The first kappa shape index (κ1) is 30.5. The summed E-state index contributed by atoms with van der Waals surface area (Å²) in [5.74, 6) is 0.0933. The van der Waals surface area contributed by atoms with Crippen molar-refractivity contribution in [1.82, 2.24) is 19.4 Å². The fraction of sp³-hybridized carbons (Fsp3) is 0.371. The molecule has 1 atom stereocenters. The highest BCUT2D eigenvalue weighted by atomic mass is 16.5. The number of aromatic nitrogens is 3. The van der Waals surface area contributed by atoms with Crippen molar-refractivity contribution in [2.45, 2.75) is 51.6 Å². The molecule has 1 aliphatic carbocycles. The highest BCUT2D eigenvalue weighted by molar-refractivity contribution is 6.04. The summed E-state index contributed by atoms with van der Waals surface area (Å²) < 4.78 is 13.6. The molecular weight excluding hydrogens is 570 g/mol. The smallest absolute Gasteiger partial charge is 0.330 e. The van der Waals surface area contributed by atoms with Crippen LogP contribution in [0.1, 0.15) is 57.9 Å². The highest BCUT2D eigenvalue weighted by Gasteiger charge is 2.31. The van der Waals surface area contributed by atoms with Crippen LogP contribution >= 0.6 is 0 Å². The molecule has 45 heavy (non-hydrogen) atoms. The van der Waals surface area contributed by atoms with Gasteiger partial charge in [-0.05, 0) is 79.5 Å². The van der Waals surface area contributed by atoms with E-state index in [4.69, 9.17) is 14.5 Å². The second kappa shape index (κ2) is 12.5. The maximum absolute atomic E-state index is 13.2. The molecule has 3 heterocycles. The molecule has 0 bridgehead atoms. The van der Waals surface area contributed by atoms with Gasteiger partial charge < -0.3 is 24.7 Å². The standard InChI is InChI=1S/C35H39N5O5/c1-20-24(25-9-7-11-28(21(25)2)37-32(41)27-19-39(3)35(43)40(4)34(27)42)8-6-10-26(20)30-18-22-12-13-29(31(22)33(38-30)44-5)36-23-14-16-45-17-15-23/h6-11,18-19,23,29,36H,12-17H2,1-5H3,(H,37,41). The summed E-state index contributed by atoms with van der Waals surface area (Å²) in [5, 5.41) is 6.72. The number of fused-ring (bicyclic) bond motifs is 1. The van der Waals surface area contributed by atoms with E-state index in [1.165, 1.54) is 30.4 Å². The van der Waals surface area contributed by atoms with E-state index in [0.717, 1.165) is 82.5 Å². The minimum Gasteiger partial charge on any atom is -0.481 e. The van der Waals surface area contributed by atoms with Gasteiger partial charge in [0.15, 0.2) is 0 Å².